The Morgan fingerprint density at radius 3 is 2.78 bits per heavy atom. The summed E-state index contributed by atoms with van der Waals surface area (Å²) in [5, 5.41) is 3.09. The molecule has 0 aliphatic carbocycles. The summed E-state index contributed by atoms with van der Waals surface area (Å²) in [6.07, 6.45) is 1.74. The van der Waals surface area contributed by atoms with Crippen LogP contribution in [0.4, 0.5) is 0 Å². The van der Waals surface area contributed by atoms with Crippen LogP contribution in [-0.4, -0.2) is 19.1 Å². The molecule has 1 aromatic carbocycles. The molecule has 18 heavy (non-hydrogen) atoms. The van der Waals surface area contributed by atoms with Crippen molar-refractivity contribution in [3.63, 3.8) is 0 Å². The SMILES string of the molecule is CNCc1ccnc(Oc2cccc(OC)c2)c1. The number of rotatable bonds is 5. The van der Waals surface area contributed by atoms with Gasteiger partial charge in [0.2, 0.25) is 5.88 Å². The van der Waals surface area contributed by atoms with Gasteiger partial charge in [0, 0.05) is 24.9 Å². The summed E-state index contributed by atoms with van der Waals surface area (Å²) >= 11 is 0. The molecule has 0 atom stereocenters. The van der Waals surface area contributed by atoms with E-state index in [9.17, 15) is 0 Å². The Hall–Kier alpha value is -2.07. The fourth-order valence-electron chi connectivity index (χ4n) is 1.61. The summed E-state index contributed by atoms with van der Waals surface area (Å²) in [6, 6.07) is 11.3. The first-order valence-electron chi connectivity index (χ1n) is 5.73. The van der Waals surface area contributed by atoms with Crippen molar-refractivity contribution in [3.8, 4) is 17.4 Å². The van der Waals surface area contributed by atoms with Crippen molar-refractivity contribution in [2.24, 2.45) is 0 Å². The van der Waals surface area contributed by atoms with E-state index in [0.717, 1.165) is 17.9 Å². The molecule has 0 unspecified atom stereocenters. The van der Waals surface area contributed by atoms with Crippen LogP contribution in [0.15, 0.2) is 42.6 Å². The van der Waals surface area contributed by atoms with Crippen LogP contribution in [0, 0.1) is 0 Å². The Morgan fingerprint density at radius 1 is 1.17 bits per heavy atom. The molecule has 0 amide bonds. The molecule has 1 aromatic heterocycles. The van der Waals surface area contributed by atoms with Crippen LogP contribution >= 0.6 is 0 Å². The topological polar surface area (TPSA) is 43.4 Å². The largest absolute Gasteiger partial charge is 0.497 e. The van der Waals surface area contributed by atoms with Crippen molar-refractivity contribution < 1.29 is 9.47 Å². The van der Waals surface area contributed by atoms with Gasteiger partial charge in [0.05, 0.1) is 7.11 Å². The van der Waals surface area contributed by atoms with Gasteiger partial charge in [-0.2, -0.15) is 0 Å². The normalized spacial score (nSPS) is 10.1. The number of hydrogen-bond acceptors (Lipinski definition) is 4. The van der Waals surface area contributed by atoms with Gasteiger partial charge in [-0.1, -0.05) is 6.07 Å². The average Bonchev–Trinajstić information content (AvgIpc) is 2.40. The highest BCUT2D eigenvalue weighted by atomic mass is 16.5. The predicted octanol–water partition coefficient (Wildman–Crippen LogP) is 2.60. The third-order valence-corrected chi connectivity index (χ3v) is 2.44. The Labute approximate surface area is 107 Å². The van der Waals surface area contributed by atoms with E-state index in [2.05, 4.69) is 10.3 Å². The molecule has 0 aliphatic heterocycles. The Morgan fingerprint density at radius 2 is 2.00 bits per heavy atom. The van der Waals surface area contributed by atoms with Gasteiger partial charge in [0.25, 0.3) is 0 Å². The lowest BCUT2D eigenvalue weighted by Gasteiger charge is -2.07. The van der Waals surface area contributed by atoms with Crippen molar-refractivity contribution in [1.82, 2.24) is 10.3 Å². The van der Waals surface area contributed by atoms with E-state index < -0.39 is 0 Å². The molecule has 0 fully saturated rings. The van der Waals surface area contributed by atoms with Crippen molar-refractivity contribution in [2.45, 2.75) is 6.54 Å². The molecule has 0 radical (unpaired) electrons. The molecule has 0 bridgehead atoms. The highest BCUT2D eigenvalue weighted by Gasteiger charge is 2.01. The summed E-state index contributed by atoms with van der Waals surface area (Å²) in [4.78, 5) is 4.18. The molecule has 0 spiro atoms. The minimum Gasteiger partial charge on any atom is -0.497 e. The van der Waals surface area contributed by atoms with Gasteiger partial charge in [-0.3, -0.25) is 0 Å². The average molecular weight is 244 g/mol. The number of benzene rings is 1. The van der Waals surface area contributed by atoms with Crippen molar-refractivity contribution in [1.29, 1.82) is 0 Å². The molecule has 94 valence electrons. The number of nitrogens with zero attached hydrogens (tertiary/aromatic N) is 1. The lowest BCUT2D eigenvalue weighted by molar-refractivity contribution is 0.407. The smallest absolute Gasteiger partial charge is 0.219 e. The van der Waals surface area contributed by atoms with Gasteiger partial charge in [0.1, 0.15) is 11.5 Å². The van der Waals surface area contributed by atoms with E-state index in [1.807, 2.05) is 43.4 Å². The first-order valence-corrected chi connectivity index (χ1v) is 5.73. The number of aromatic nitrogens is 1. The van der Waals surface area contributed by atoms with Crippen LogP contribution < -0.4 is 14.8 Å². The molecule has 0 saturated heterocycles. The van der Waals surface area contributed by atoms with Gasteiger partial charge in [-0.25, -0.2) is 4.98 Å². The third kappa shape index (κ3) is 3.21. The predicted molar refractivity (Wildman–Crippen MR) is 70.1 cm³/mol. The van der Waals surface area contributed by atoms with Crippen molar-refractivity contribution >= 4 is 0 Å². The molecule has 2 rings (SSSR count). The summed E-state index contributed by atoms with van der Waals surface area (Å²) in [5.74, 6) is 2.05. The molecule has 0 aliphatic rings. The Kier molecular flexibility index (Phi) is 4.15. The van der Waals surface area contributed by atoms with E-state index in [1.165, 1.54) is 0 Å². The van der Waals surface area contributed by atoms with Crippen LogP contribution in [0.3, 0.4) is 0 Å². The second-order valence-electron chi connectivity index (χ2n) is 3.81. The number of pyridine rings is 1. The number of nitrogens with one attached hydrogen (secondary N) is 1. The Bertz CT molecular complexity index is 515. The van der Waals surface area contributed by atoms with Crippen molar-refractivity contribution in [2.75, 3.05) is 14.2 Å². The fourth-order valence-corrected chi connectivity index (χ4v) is 1.61. The summed E-state index contributed by atoms with van der Waals surface area (Å²) in [7, 11) is 3.54. The first kappa shape index (κ1) is 12.4. The van der Waals surface area contributed by atoms with Crippen LogP contribution in [-0.2, 0) is 6.54 Å². The number of methoxy groups -OCH3 is 1. The highest BCUT2D eigenvalue weighted by molar-refractivity contribution is 5.35. The minimum absolute atomic E-state index is 0.580. The molecule has 1 N–H and O–H groups in total. The molecule has 1 heterocycles. The summed E-state index contributed by atoms with van der Waals surface area (Å²) in [5.41, 5.74) is 1.13. The molecule has 2 aromatic rings. The van der Waals surface area contributed by atoms with Crippen LogP contribution in [0.2, 0.25) is 0 Å². The second-order valence-corrected chi connectivity index (χ2v) is 3.81. The molecule has 0 saturated carbocycles. The molecular weight excluding hydrogens is 228 g/mol. The molecular formula is C14H16N2O2. The van der Waals surface area contributed by atoms with Gasteiger partial charge in [0.15, 0.2) is 0 Å². The number of hydrogen-bond donors (Lipinski definition) is 1. The van der Waals surface area contributed by atoms with E-state index in [1.54, 1.807) is 13.3 Å². The van der Waals surface area contributed by atoms with E-state index >= 15 is 0 Å². The van der Waals surface area contributed by atoms with Crippen LogP contribution in [0.25, 0.3) is 0 Å². The lowest BCUT2D eigenvalue weighted by atomic mass is 10.2. The summed E-state index contributed by atoms with van der Waals surface area (Å²) < 4.78 is 10.8. The third-order valence-electron chi connectivity index (χ3n) is 2.44. The van der Waals surface area contributed by atoms with E-state index in [4.69, 9.17) is 9.47 Å². The summed E-state index contributed by atoms with van der Waals surface area (Å²) in [6.45, 7) is 0.789. The zero-order valence-electron chi connectivity index (χ0n) is 10.5. The maximum Gasteiger partial charge on any atom is 0.219 e. The maximum absolute atomic E-state index is 5.69. The Balaban J connectivity index is 2.14. The number of ether oxygens (including phenoxy) is 2. The van der Waals surface area contributed by atoms with E-state index in [0.29, 0.717) is 11.6 Å². The quantitative estimate of drug-likeness (QED) is 0.878. The molecule has 4 nitrogen and oxygen atoms in total. The lowest BCUT2D eigenvalue weighted by Crippen LogP contribution is -2.05. The van der Waals surface area contributed by atoms with Crippen LogP contribution in [0.5, 0.6) is 17.4 Å². The minimum atomic E-state index is 0.580. The van der Waals surface area contributed by atoms with Gasteiger partial charge < -0.3 is 14.8 Å². The zero-order chi connectivity index (χ0) is 12.8. The first-order chi connectivity index (χ1) is 8.81. The van der Waals surface area contributed by atoms with Gasteiger partial charge >= 0.3 is 0 Å². The second kappa shape index (κ2) is 6.02. The standard InChI is InChI=1S/C14H16N2O2/c1-15-10-11-6-7-16-14(8-11)18-13-5-3-4-12(9-13)17-2/h3-9,15H,10H2,1-2H3. The fraction of sp³-hybridized carbons (Fsp3) is 0.214. The highest BCUT2D eigenvalue weighted by Crippen LogP contribution is 2.24. The van der Waals surface area contributed by atoms with Crippen molar-refractivity contribution in [3.05, 3.63) is 48.2 Å². The van der Waals surface area contributed by atoms with Crippen LogP contribution in [0.1, 0.15) is 5.56 Å². The molecule has 4 heteroatoms. The van der Waals surface area contributed by atoms with E-state index in [-0.39, 0.29) is 0 Å². The van der Waals surface area contributed by atoms with Gasteiger partial charge in [-0.15, -0.1) is 0 Å². The maximum atomic E-state index is 5.69. The zero-order valence-corrected chi connectivity index (χ0v) is 10.5. The monoisotopic (exact) mass is 244 g/mol. The van der Waals surface area contributed by atoms with Gasteiger partial charge in [-0.05, 0) is 30.8 Å².